The Morgan fingerprint density at radius 2 is 2.11 bits per heavy atom. The molecule has 2 heterocycles. The second kappa shape index (κ2) is 4.28. The highest BCUT2D eigenvalue weighted by Gasteiger charge is 2.07. The zero-order valence-corrected chi connectivity index (χ0v) is 9.46. The number of nitrogens with two attached hydrogens (primary N) is 1. The van der Waals surface area contributed by atoms with Gasteiger partial charge in [-0.05, 0) is 11.6 Å². The number of nitrogens with zero attached hydrogens (tertiary/aromatic N) is 4. The van der Waals surface area contributed by atoms with Crippen molar-refractivity contribution in [3.8, 4) is 0 Å². The summed E-state index contributed by atoms with van der Waals surface area (Å²) in [7, 11) is 0. The third-order valence-corrected chi connectivity index (χ3v) is 2.63. The van der Waals surface area contributed by atoms with Crippen molar-refractivity contribution in [3.63, 3.8) is 0 Å². The van der Waals surface area contributed by atoms with E-state index in [1.807, 2.05) is 24.3 Å². The average molecular weight is 241 g/mol. The van der Waals surface area contributed by atoms with E-state index in [9.17, 15) is 0 Å². The molecule has 90 valence electrons. The highest BCUT2D eigenvalue weighted by Crippen LogP contribution is 2.16. The summed E-state index contributed by atoms with van der Waals surface area (Å²) >= 11 is 0. The molecule has 0 unspecified atom stereocenters. The highest BCUT2D eigenvalue weighted by molar-refractivity contribution is 5.81. The first-order valence-electron chi connectivity index (χ1n) is 5.43. The van der Waals surface area contributed by atoms with Crippen molar-refractivity contribution in [1.82, 2.24) is 25.4 Å². The lowest BCUT2D eigenvalue weighted by atomic mass is 10.2. The lowest BCUT2D eigenvalue weighted by Gasteiger charge is -2.07. The number of nitrogen functional groups attached to an aromatic ring is 1. The Bertz CT molecular complexity index is 676. The molecule has 7 nitrogen and oxygen atoms in total. The number of hydrogen-bond donors (Lipinski definition) is 3. The Balaban J connectivity index is 1.85. The van der Waals surface area contributed by atoms with Gasteiger partial charge in [-0.3, -0.25) is 0 Å². The SMILES string of the molecule is Nc1ccccc1CNc1ncnc2[nH]nnc12. The fraction of sp³-hybridized carbons (Fsp3) is 0.0909. The normalized spacial score (nSPS) is 10.7. The van der Waals surface area contributed by atoms with Crippen LogP contribution in [0.25, 0.3) is 11.2 Å². The first-order chi connectivity index (χ1) is 8.84. The van der Waals surface area contributed by atoms with E-state index in [0.717, 1.165) is 11.3 Å². The van der Waals surface area contributed by atoms with Crippen molar-refractivity contribution >= 4 is 22.7 Å². The minimum absolute atomic E-state index is 0.575. The van der Waals surface area contributed by atoms with E-state index in [0.29, 0.717) is 23.5 Å². The minimum Gasteiger partial charge on any atom is -0.398 e. The zero-order chi connectivity index (χ0) is 12.4. The molecule has 3 aromatic rings. The van der Waals surface area contributed by atoms with Gasteiger partial charge >= 0.3 is 0 Å². The van der Waals surface area contributed by atoms with Crippen LogP contribution in [0, 0.1) is 0 Å². The van der Waals surface area contributed by atoms with Gasteiger partial charge in [0.05, 0.1) is 0 Å². The van der Waals surface area contributed by atoms with Gasteiger partial charge in [-0.15, -0.1) is 5.10 Å². The topological polar surface area (TPSA) is 105 Å². The molecule has 0 bridgehead atoms. The molecule has 3 rings (SSSR count). The fourth-order valence-electron chi connectivity index (χ4n) is 1.68. The van der Waals surface area contributed by atoms with Crippen molar-refractivity contribution in [3.05, 3.63) is 36.2 Å². The first kappa shape index (κ1) is 10.5. The van der Waals surface area contributed by atoms with E-state index >= 15 is 0 Å². The Morgan fingerprint density at radius 3 is 3.00 bits per heavy atom. The molecule has 0 fully saturated rings. The summed E-state index contributed by atoms with van der Waals surface area (Å²) in [6.07, 6.45) is 1.46. The predicted molar refractivity (Wildman–Crippen MR) is 67.7 cm³/mol. The van der Waals surface area contributed by atoms with E-state index in [4.69, 9.17) is 5.73 Å². The Hall–Kier alpha value is -2.70. The lowest BCUT2D eigenvalue weighted by molar-refractivity contribution is 0.954. The summed E-state index contributed by atoms with van der Waals surface area (Å²) in [5, 5.41) is 13.5. The number of aromatic amines is 1. The van der Waals surface area contributed by atoms with Gasteiger partial charge in [0.25, 0.3) is 0 Å². The molecule has 0 atom stereocenters. The van der Waals surface area contributed by atoms with Gasteiger partial charge in [-0.25, -0.2) is 15.1 Å². The number of para-hydroxylation sites is 1. The Kier molecular flexibility index (Phi) is 2.49. The summed E-state index contributed by atoms with van der Waals surface area (Å²) in [5.41, 5.74) is 8.85. The monoisotopic (exact) mass is 241 g/mol. The number of fused-ring (bicyclic) bond motifs is 1. The second-order valence-electron chi connectivity index (χ2n) is 3.78. The lowest BCUT2D eigenvalue weighted by Crippen LogP contribution is -2.04. The van der Waals surface area contributed by atoms with Crippen LogP contribution in [-0.4, -0.2) is 25.4 Å². The van der Waals surface area contributed by atoms with E-state index in [1.165, 1.54) is 6.33 Å². The van der Waals surface area contributed by atoms with Gasteiger partial charge in [-0.2, -0.15) is 0 Å². The number of rotatable bonds is 3. The summed E-state index contributed by atoms with van der Waals surface area (Å²) < 4.78 is 0. The molecule has 0 amide bonds. The number of aromatic nitrogens is 5. The third-order valence-electron chi connectivity index (χ3n) is 2.63. The molecule has 1 aromatic carbocycles. The summed E-state index contributed by atoms with van der Waals surface area (Å²) in [6, 6.07) is 7.67. The van der Waals surface area contributed by atoms with Crippen molar-refractivity contribution in [2.45, 2.75) is 6.54 Å². The van der Waals surface area contributed by atoms with Gasteiger partial charge in [-0.1, -0.05) is 23.4 Å². The van der Waals surface area contributed by atoms with Crippen molar-refractivity contribution in [2.75, 3.05) is 11.1 Å². The van der Waals surface area contributed by atoms with Gasteiger partial charge in [0.1, 0.15) is 6.33 Å². The van der Waals surface area contributed by atoms with Crippen LogP contribution in [0.2, 0.25) is 0 Å². The molecular weight excluding hydrogens is 230 g/mol. The van der Waals surface area contributed by atoms with Gasteiger partial charge in [0.15, 0.2) is 17.0 Å². The number of nitrogens with one attached hydrogen (secondary N) is 2. The highest BCUT2D eigenvalue weighted by atomic mass is 15.3. The molecule has 0 spiro atoms. The Labute approximate surface area is 102 Å². The molecule has 7 heteroatoms. The number of anilines is 2. The Morgan fingerprint density at radius 1 is 1.22 bits per heavy atom. The molecule has 0 saturated heterocycles. The van der Waals surface area contributed by atoms with Crippen LogP contribution < -0.4 is 11.1 Å². The minimum atomic E-state index is 0.575. The molecule has 2 aromatic heterocycles. The van der Waals surface area contributed by atoms with Crippen LogP contribution in [0.3, 0.4) is 0 Å². The first-order valence-corrected chi connectivity index (χ1v) is 5.43. The van der Waals surface area contributed by atoms with Crippen LogP contribution in [0.4, 0.5) is 11.5 Å². The van der Waals surface area contributed by atoms with Crippen molar-refractivity contribution in [2.24, 2.45) is 0 Å². The van der Waals surface area contributed by atoms with E-state index in [1.54, 1.807) is 0 Å². The van der Waals surface area contributed by atoms with E-state index in [-0.39, 0.29) is 0 Å². The predicted octanol–water partition coefficient (Wildman–Crippen LogP) is 0.942. The maximum atomic E-state index is 5.87. The van der Waals surface area contributed by atoms with Gasteiger partial charge < -0.3 is 11.1 Å². The van der Waals surface area contributed by atoms with Crippen LogP contribution in [0.15, 0.2) is 30.6 Å². The maximum Gasteiger partial charge on any atom is 0.181 e. The summed E-state index contributed by atoms with van der Waals surface area (Å²) in [4.78, 5) is 8.16. The third kappa shape index (κ3) is 1.81. The maximum absolute atomic E-state index is 5.87. The van der Waals surface area contributed by atoms with Crippen LogP contribution in [0.5, 0.6) is 0 Å². The smallest absolute Gasteiger partial charge is 0.181 e. The standard InChI is InChI=1S/C11H11N7/c12-8-4-2-1-3-7(8)5-13-10-9-11(15-6-14-10)17-18-16-9/h1-4,6H,5,12H2,(H2,13,14,15,16,17,18). The molecular formula is C11H11N7. The molecule has 4 N–H and O–H groups in total. The second-order valence-corrected chi connectivity index (χ2v) is 3.78. The number of H-pyrrole nitrogens is 1. The molecule has 0 saturated carbocycles. The molecule has 0 radical (unpaired) electrons. The number of hydrogen-bond acceptors (Lipinski definition) is 6. The van der Waals surface area contributed by atoms with Crippen LogP contribution in [-0.2, 0) is 6.54 Å². The van der Waals surface area contributed by atoms with Crippen LogP contribution >= 0.6 is 0 Å². The molecule has 0 aliphatic heterocycles. The fourth-order valence-corrected chi connectivity index (χ4v) is 1.68. The van der Waals surface area contributed by atoms with E-state index < -0.39 is 0 Å². The van der Waals surface area contributed by atoms with Crippen LogP contribution in [0.1, 0.15) is 5.56 Å². The largest absolute Gasteiger partial charge is 0.398 e. The van der Waals surface area contributed by atoms with E-state index in [2.05, 4.69) is 30.7 Å². The summed E-state index contributed by atoms with van der Waals surface area (Å²) in [6.45, 7) is 0.575. The molecule has 18 heavy (non-hydrogen) atoms. The van der Waals surface area contributed by atoms with Gasteiger partial charge in [0, 0.05) is 12.2 Å². The molecule has 0 aliphatic rings. The average Bonchev–Trinajstić information content (AvgIpc) is 2.86. The summed E-state index contributed by atoms with van der Waals surface area (Å²) in [5.74, 6) is 0.636. The van der Waals surface area contributed by atoms with Crippen molar-refractivity contribution in [1.29, 1.82) is 0 Å². The molecule has 0 aliphatic carbocycles. The van der Waals surface area contributed by atoms with Gasteiger partial charge in [0.2, 0.25) is 0 Å². The zero-order valence-electron chi connectivity index (χ0n) is 9.46. The number of benzene rings is 1. The van der Waals surface area contributed by atoms with Crippen molar-refractivity contribution < 1.29 is 0 Å². The quantitative estimate of drug-likeness (QED) is 0.589.